The third-order valence-electron chi connectivity index (χ3n) is 4.76. The molecular weight excluding hydrogens is 368 g/mol. The molecule has 0 atom stereocenters. The van der Waals surface area contributed by atoms with Crippen LogP contribution in [0.25, 0.3) is 0 Å². The van der Waals surface area contributed by atoms with Crippen molar-refractivity contribution in [1.29, 1.82) is 0 Å². The maximum absolute atomic E-state index is 12.6. The molecule has 8 heteroatoms. The van der Waals surface area contributed by atoms with Gasteiger partial charge in [-0.1, -0.05) is 6.92 Å². The molecule has 3 N–H and O–H groups in total. The molecule has 1 aromatic rings. The number of carboxylic acids is 1. The molecule has 27 heavy (non-hydrogen) atoms. The van der Waals surface area contributed by atoms with Crippen LogP contribution in [0.4, 0.5) is 0 Å². The van der Waals surface area contributed by atoms with Crippen LogP contribution in [0.3, 0.4) is 0 Å². The zero-order valence-corrected chi connectivity index (χ0v) is 17.0. The fourth-order valence-electron chi connectivity index (χ4n) is 3.18. The number of aliphatic carboxylic acids is 1. The molecule has 0 heterocycles. The van der Waals surface area contributed by atoms with Crippen LogP contribution < -0.4 is 10.0 Å². The quantitative estimate of drug-likeness (QED) is 0.708. The van der Waals surface area contributed by atoms with Gasteiger partial charge in [0.25, 0.3) is 5.91 Å². The first kappa shape index (κ1) is 21.4. The van der Waals surface area contributed by atoms with E-state index in [1.165, 1.54) is 24.3 Å². The molecule has 1 aromatic carbocycles. The number of carbonyl (C=O) groups is 2. The number of hydrogen-bond acceptors (Lipinski definition) is 4. The first-order valence-electron chi connectivity index (χ1n) is 9.05. The van der Waals surface area contributed by atoms with Crippen LogP contribution in [0.5, 0.6) is 0 Å². The molecule has 1 aliphatic carbocycles. The Hall–Kier alpha value is -1.93. The minimum atomic E-state index is -3.70. The Morgan fingerprint density at radius 1 is 1.11 bits per heavy atom. The Morgan fingerprint density at radius 3 is 2.07 bits per heavy atom. The smallest absolute Gasteiger partial charge is 0.329 e. The molecule has 0 bridgehead atoms. The van der Waals surface area contributed by atoms with Crippen LogP contribution in [0, 0.1) is 5.92 Å². The van der Waals surface area contributed by atoms with E-state index in [0.29, 0.717) is 18.8 Å². The monoisotopic (exact) mass is 396 g/mol. The van der Waals surface area contributed by atoms with Crippen molar-refractivity contribution in [3.8, 4) is 0 Å². The molecule has 2 rings (SSSR count). The van der Waals surface area contributed by atoms with Crippen LogP contribution in [0.1, 0.15) is 63.7 Å². The summed E-state index contributed by atoms with van der Waals surface area (Å²) < 4.78 is 27.2. The van der Waals surface area contributed by atoms with Gasteiger partial charge in [0.15, 0.2) is 0 Å². The van der Waals surface area contributed by atoms with E-state index in [1.54, 1.807) is 20.8 Å². The summed E-state index contributed by atoms with van der Waals surface area (Å²) in [5, 5.41) is 12.3. The van der Waals surface area contributed by atoms with E-state index < -0.39 is 33.0 Å². The number of rotatable bonds is 5. The van der Waals surface area contributed by atoms with Gasteiger partial charge in [-0.05, 0) is 76.6 Å². The lowest BCUT2D eigenvalue weighted by Gasteiger charge is -2.36. The Balaban J connectivity index is 2.17. The normalized spacial score (nSPS) is 23.6. The summed E-state index contributed by atoms with van der Waals surface area (Å²) in [5.74, 6) is -1.11. The van der Waals surface area contributed by atoms with Gasteiger partial charge in [0.05, 0.1) is 4.90 Å². The van der Waals surface area contributed by atoms with Crippen molar-refractivity contribution in [2.24, 2.45) is 5.92 Å². The fraction of sp³-hybridized carbons (Fsp3) is 0.579. The molecule has 0 aliphatic heterocycles. The van der Waals surface area contributed by atoms with E-state index >= 15 is 0 Å². The highest BCUT2D eigenvalue weighted by molar-refractivity contribution is 7.89. The molecule has 1 saturated carbocycles. The van der Waals surface area contributed by atoms with E-state index in [4.69, 9.17) is 0 Å². The summed E-state index contributed by atoms with van der Waals surface area (Å²) in [5.41, 5.74) is -1.66. The van der Waals surface area contributed by atoms with E-state index in [1.807, 2.05) is 0 Å². The van der Waals surface area contributed by atoms with Crippen LogP contribution in [-0.4, -0.2) is 36.5 Å². The van der Waals surface area contributed by atoms with E-state index in [0.717, 1.165) is 12.8 Å². The van der Waals surface area contributed by atoms with Crippen LogP contribution in [0.15, 0.2) is 29.2 Å². The van der Waals surface area contributed by atoms with Crippen LogP contribution in [0.2, 0.25) is 0 Å². The first-order valence-corrected chi connectivity index (χ1v) is 10.5. The zero-order valence-electron chi connectivity index (χ0n) is 16.2. The number of carbonyl (C=O) groups excluding carboxylic acids is 1. The van der Waals surface area contributed by atoms with Crippen molar-refractivity contribution < 1.29 is 23.1 Å². The maximum Gasteiger partial charge on any atom is 0.329 e. The molecule has 0 radical (unpaired) electrons. The predicted octanol–water partition coefficient (Wildman–Crippen LogP) is 2.53. The summed E-state index contributed by atoms with van der Waals surface area (Å²) >= 11 is 0. The number of hydrogen-bond donors (Lipinski definition) is 3. The van der Waals surface area contributed by atoms with Gasteiger partial charge in [0.1, 0.15) is 5.54 Å². The lowest BCUT2D eigenvalue weighted by molar-refractivity contribution is -0.146. The van der Waals surface area contributed by atoms with Crippen molar-refractivity contribution in [2.75, 3.05) is 0 Å². The van der Waals surface area contributed by atoms with Gasteiger partial charge in [-0.3, -0.25) is 4.79 Å². The lowest BCUT2D eigenvalue weighted by Crippen LogP contribution is -2.56. The average molecular weight is 397 g/mol. The Kier molecular flexibility index (Phi) is 6.01. The highest BCUT2D eigenvalue weighted by atomic mass is 32.2. The Morgan fingerprint density at radius 2 is 1.63 bits per heavy atom. The minimum Gasteiger partial charge on any atom is -0.480 e. The molecule has 0 unspecified atom stereocenters. The van der Waals surface area contributed by atoms with E-state index in [2.05, 4.69) is 17.0 Å². The summed E-state index contributed by atoms with van der Waals surface area (Å²) in [6, 6.07) is 5.49. The summed E-state index contributed by atoms with van der Waals surface area (Å²) in [6.45, 7) is 7.28. The van der Waals surface area contributed by atoms with Crippen molar-refractivity contribution in [2.45, 2.75) is 69.4 Å². The fourth-order valence-corrected chi connectivity index (χ4v) is 4.60. The largest absolute Gasteiger partial charge is 0.480 e. The zero-order chi connectivity index (χ0) is 20.5. The standard InChI is InChI=1S/C19H28N2O5S/c1-13-9-11-19(12-10-13,17(23)24)20-16(22)14-5-7-15(8-6-14)27(25,26)21-18(2,3)4/h5-8,13,21H,9-12H2,1-4H3,(H,20,22)(H,23,24). The van der Waals surface area contributed by atoms with Gasteiger partial charge in [0, 0.05) is 11.1 Å². The molecular formula is C19H28N2O5S. The van der Waals surface area contributed by atoms with Crippen molar-refractivity contribution >= 4 is 21.9 Å². The molecule has 7 nitrogen and oxygen atoms in total. The molecule has 1 fully saturated rings. The number of benzene rings is 1. The second-order valence-electron chi connectivity index (χ2n) is 8.40. The highest BCUT2D eigenvalue weighted by Crippen LogP contribution is 2.32. The van der Waals surface area contributed by atoms with Gasteiger partial charge in [0.2, 0.25) is 10.0 Å². The molecule has 0 spiro atoms. The molecule has 1 amide bonds. The molecule has 0 aromatic heterocycles. The number of sulfonamides is 1. The van der Waals surface area contributed by atoms with E-state index in [-0.39, 0.29) is 10.5 Å². The Labute approximate surface area is 160 Å². The SMILES string of the molecule is CC1CCC(NC(=O)c2ccc(S(=O)(=O)NC(C)(C)C)cc2)(C(=O)O)CC1. The first-order chi connectivity index (χ1) is 12.3. The average Bonchev–Trinajstić information content (AvgIpc) is 2.55. The number of carboxylic acid groups (broad SMARTS) is 1. The van der Waals surface area contributed by atoms with Crippen molar-refractivity contribution in [1.82, 2.24) is 10.0 Å². The van der Waals surface area contributed by atoms with Gasteiger partial charge in [-0.15, -0.1) is 0 Å². The Bertz CT molecular complexity index is 801. The second kappa shape index (κ2) is 7.59. The molecule has 1 aliphatic rings. The van der Waals surface area contributed by atoms with Gasteiger partial charge >= 0.3 is 5.97 Å². The third-order valence-corrected chi connectivity index (χ3v) is 6.53. The van der Waals surface area contributed by atoms with Crippen molar-refractivity contribution in [3.05, 3.63) is 29.8 Å². The topological polar surface area (TPSA) is 113 Å². The number of nitrogens with one attached hydrogen (secondary N) is 2. The summed E-state index contributed by atoms with van der Waals surface area (Å²) in [4.78, 5) is 24.4. The second-order valence-corrected chi connectivity index (χ2v) is 10.1. The van der Waals surface area contributed by atoms with Crippen LogP contribution >= 0.6 is 0 Å². The van der Waals surface area contributed by atoms with E-state index in [9.17, 15) is 23.1 Å². The maximum atomic E-state index is 12.6. The molecule has 0 saturated heterocycles. The summed E-state index contributed by atoms with van der Waals surface area (Å²) in [7, 11) is -3.70. The van der Waals surface area contributed by atoms with Gasteiger partial charge < -0.3 is 10.4 Å². The minimum absolute atomic E-state index is 0.0495. The lowest BCUT2D eigenvalue weighted by atomic mass is 9.77. The van der Waals surface area contributed by atoms with Crippen molar-refractivity contribution in [3.63, 3.8) is 0 Å². The number of amides is 1. The summed E-state index contributed by atoms with van der Waals surface area (Å²) in [6.07, 6.45) is 2.25. The predicted molar refractivity (Wildman–Crippen MR) is 102 cm³/mol. The van der Waals surface area contributed by atoms with Crippen LogP contribution in [-0.2, 0) is 14.8 Å². The van der Waals surface area contributed by atoms with Gasteiger partial charge in [-0.25, -0.2) is 17.9 Å². The molecule has 150 valence electrons. The highest BCUT2D eigenvalue weighted by Gasteiger charge is 2.42. The van der Waals surface area contributed by atoms with Gasteiger partial charge in [-0.2, -0.15) is 0 Å². The third kappa shape index (κ3) is 5.29.